The second-order valence-electron chi connectivity index (χ2n) is 5.80. The Kier molecular flexibility index (Phi) is 4.59. The second kappa shape index (κ2) is 7.20. The first-order valence-corrected chi connectivity index (χ1v) is 8.95. The molecule has 0 aliphatic heterocycles. The van der Waals surface area contributed by atoms with Crippen LogP contribution in [0, 0.1) is 6.92 Å². The van der Waals surface area contributed by atoms with Gasteiger partial charge in [-0.1, -0.05) is 22.0 Å². The van der Waals surface area contributed by atoms with E-state index in [1.165, 1.54) is 0 Å². The molecule has 9 heteroatoms. The molecule has 1 aromatic carbocycles. The van der Waals surface area contributed by atoms with E-state index in [-0.39, 0.29) is 12.5 Å². The van der Waals surface area contributed by atoms with E-state index in [1.807, 2.05) is 31.2 Å². The van der Waals surface area contributed by atoms with Crippen molar-refractivity contribution < 1.29 is 9.21 Å². The van der Waals surface area contributed by atoms with Gasteiger partial charge >= 0.3 is 0 Å². The summed E-state index contributed by atoms with van der Waals surface area (Å²) in [5, 5.41) is 14.0. The number of benzene rings is 1. The highest BCUT2D eigenvalue weighted by Gasteiger charge is 2.16. The maximum absolute atomic E-state index is 12.5. The molecule has 0 radical (unpaired) electrons. The van der Waals surface area contributed by atoms with Crippen LogP contribution in [-0.2, 0) is 6.54 Å². The van der Waals surface area contributed by atoms with E-state index in [4.69, 9.17) is 4.42 Å². The van der Waals surface area contributed by atoms with Gasteiger partial charge in [-0.25, -0.2) is 9.67 Å². The summed E-state index contributed by atoms with van der Waals surface area (Å²) in [4.78, 5) is 16.8. The Balaban J connectivity index is 1.46. The summed E-state index contributed by atoms with van der Waals surface area (Å²) in [5.41, 5.74) is 2.12. The predicted octanol–water partition coefficient (Wildman–Crippen LogP) is 3.25. The second-order valence-corrected chi connectivity index (χ2v) is 6.72. The van der Waals surface area contributed by atoms with Crippen LogP contribution in [0.5, 0.6) is 0 Å². The van der Waals surface area contributed by atoms with Crippen molar-refractivity contribution in [3.05, 3.63) is 70.4 Å². The monoisotopic (exact) mass is 426 g/mol. The largest absolute Gasteiger partial charge is 0.461 e. The number of furan rings is 1. The van der Waals surface area contributed by atoms with E-state index in [2.05, 4.69) is 41.5 Å². The van der Waals surface area contributed by atoms with Gasteiger partial charge in [-0.15, -0.1) is 5.10 Å². The molecule has 0 saturated carbocycles. The van der Waals surface area contributed by atoms with E-state index in [1.54, 1.807) is 29.3 Å². The Labute approximate surface area is 162 Å². The first kappa shape index (κ1) is 17.2. The third-order valence-corrected chi connectivity index (χ3v) is 4.49. The number of nitrogens with one attached hydrogen (secondary N) is 2. The van der Waals surface area contributed by atoms with Crippen molar-refractivity contribution in [2.45, 2.75) is 13.5 Å². The highest BCUT2D eigenvalue weighted by molar-refractivity contribution is 9.10. The third-order valence-electron chi connectivity index (χ3n) is 4.00. The first-order valence-electron chi connectivity index (χ1n) is 8.16. The van der Waals surface area contributed by atoms with Crippen molar-refractivity contribution >= 4 is 21.8 Å². The lowest BCUT2D eigenvalue weighted by molar-refractivity contribution is 0.0949. The van der Waals surface area contributed by atoms with Gasteiger partial charge in [0.05, 0.1) is 35.9 Å². The molecule has 3 heterocycles. The normalized spacial score (nSPS) is 10.9. The number of aromatic nitrogens is 5. The fraction of sp³-hybridized carbons (Fsp3) is 0.111. The quantitative estimate of drug-likeness (QED) is 0.509. The van der Waals surface area contributed by atoms with Crippen molar-refractivity contribution in [1.82, 2.24) is 30.3 Å². The summed E-state index contributed by atoms with van der Waals surface area (Å²) in [7, 11) is 0. The summed E-state index contributed by atoms with van der Waals surface area (Å²) < 4.78 is 7.92. The summed E-state index contributed by atoms with van der Waals surface area (Å²) in [6.45, 7) is 2.07. The molecule has 4 aromatic rings. The summed E-state index contributed by atoms with van der Waals surface area (Å²) in [5.74, 6) is 1.31. The maximum Gasteiger partial charge on any atom is 0.255 e. The van der Waals surface area contributed by atoms with Crippen LogP contribution < -0.4 is 5.32 Å². The minimum atomic E-state index is -0.232. The molecule has 0 atom stereocenters. The van der Waals surface area contributed by atoms with Crippen LogP contribution in [0.1, 0.15) is 21.9 Å². The van der Waals surface area contributed by atoms with Crippen molar-refractivity contribution in [3.63, 3.8) is 0 Å². The molecule has 0 saturated heterocycles. The lowest BCUT2D eigenvalue weighted by Crippen LogP contribution is -2.24. The Hall–Kier alpha value is -3.20. The molecule has 4 rings (SSSR count). The minimum Gasteiger partial charge on any atom is -0.461 e. The fourth-order valence-corrected chi connectivity index (χ4v) is 3.04. The summed E-state index contributed by atoms with van der Waals surface area (Å²) >= 11 is 3.44. The van der Waals surface area contributed by atoms with Crippen LogP contribution in [0.3, 0.4) is 0 Å². The summed E-state index contributed by atoms with van der Waals surface area (Å²) in [6.07, 6.45) is 3.11. The van der Waals surface area contributed by atoms with E-state index >= 15 is 0 Å². The molecule has 3 aromatic heterocycles. The molecule has 0 aliphatic rings. The SMILES string of the molecule is Cc1c(C(=O)NCc2nc(-c3ccco3)n[nH]2)cnn1-c1cccc(Br)c1. The molecular formula is C18H15BrN6O2. The average Bonchev–Trinajstić information content (AvgIpc) is 3.40. The molecule has 0 bridgehead atoms. The van der Waals surface area contributed by atoms with E-state index in [9.17, 15) is 4.79 Å². The number of halogens is 1. The Bertz CT molecular complexity index is 1080. The number of H-pyrrole nitrogens is 1. The van der Waals surface area contributed by atoms with Gasteiger partial charge in [0, 0.05) is 4.47 Å². The molecule has 8 nitrogen and oxygen atoms in total. The van der Waals surface area contributed by atoms with Gasteiger partial charge in [-0.2, -0.15) is 5.10 Å². The van der Waals surface area contributed by atoms with Crippen molar-refractivity contribution in [2.24, 2.45) is 0 Å². The molecule has 0 spiro atoms. The number of hydrogen-bond donors (Lipinski definition) is 2. The Morgan fingerprint density at radius 2 is 2.22 bits per heavy atom. The zero-order chi connectivity index (χ0) is 18.8. The van der Waals surface area contributed by atoms with Crippen molar-refractivity contribution in [3.8, 4) is 17.3 Å². The number of hydrogen-bond acceptors (Lipinski definition) is 5. The topological polar surface area (TPSA) is 102 Å². The molecule has 0 aliphatic carbocycles. The van der Waals surface area contributed by atoms with Crippen molar-refractivity contribution in [2.75, 3.05) is 0 Å². The zero-order valence-corrected chi connectivity index (χ0v) is 15.9. The van der Waals surface area contributed by atoms with Crippen LogP contribution in [0.25, 0.3) is 17.3 Å². The van der Waals surface area contributed by atoms with Crippen LogP contribution >= 0.6 is 15.9 Å². The molecule has 136 valence electrons. The van der Waals surface area contributed by atoms with Gasteiger partial charge in [0.1, 0.15) is 5.82 Å². The third kappa shape index (κ3) is 3.54. The lowest BCUT2D eigenvalue weighted by Gasteiger charge is -2.06. The average molecular weight is 427 g/mol. The van der Waals surface area contributed by atoms with Gasteiger partial charge in [0.15, 0.2) is 5.76 Å². The maximum atomic E-state index is 12.5. The zero-order valence-electron chi connectivity index (χ0n) is 14.3. The van der Waals surface area contributed by atoms with Crippen LogP contribution in [0.15, 0.2) is 57.7 Å². The Morgan fingerprint density at radius 1 is 1.33 bits per heavy atom. The fourth-order valence-electron chi connectivity index (χ4n) is 2.65. The number of carbonyl (C=O) groups is 1. The van der Waals surface area contributed by atoms with Crippen molar-refractivity contribution in [1.29, 1.82) is 0 Å². The van der Waals surface area contributed by atoms with Gasteiger partial charge in [-0.3, -0.25) is 9.89 Å². The van der Waals surface area contributed by atoms with Crippen LogP contribution in [0.2, 0.25) is 0 Å². The standard InChI is InChI=1S/C18H15BrN6O2/c1-11-14(9-21-25(11)13-5-2-4-12(19)8-13)18(26)20-10-16-22-17(24-23-16)15-6-3-7-27-15/h2-9H,10H2,1H3,(H,20,26)(H,22,23,24). The van der Waals surface area contributed by atoms with Gasteiger partial charge in [-0.05, 0) is 37.3 Å². The van der Waals surface area contributed by atoms with E-state index < -0.39 is 0 Å². The van der Waals surface area contributed by atoms with E-state index in [0.717, 1.165) is 15.9 Å². The van der Waals surface area contributed by atoms with Crippen LogP contribution in [0.4, 0.5) is 0 Å². The molecular weight excluding hydrogens is 412 g/mol. The van der Waals surface area contributed by atoms with Gasteiger partial charge < -0.3 is 9.73 Å². The minimum absolute atomic E-state index is 0.216. The summed E-state index contributed by atoms with van der Waals surface area (Å²) in [6, 6.07) is 11.2. The van der Waals surface area contributed by atoms with Gasteiger partial charge in [0.2, 0.25) is 5.82 Å². The molecule has 0 unspecified atom stereocenters. The van der Waals surface area contributed by atoms with Gasteiger partial charge in [0.25, 0.3) is 5.91 Å². The van der Waals surface area contributed by atoms with Crippen LogP contribution in [-0.4, -0.2) is 30.9 Å². The Morgan fingerprint density at radius 3 is 3.00 bits per heavy atom. The molecule has 0 fully saturated rings. The lowest BCUT2D eigenvalue weighted by atomic mass is 10.2. The molecule has 1 amide bonds. The number of aromatic amines is 1. The predicted molar refractivity (Wildman–Crippen MR) is 101 cm³/mol. The number of rotatable bonds is 5. The number of carbonyl (C=O) groups excluding carboxylic acids is 1. The van der Waals surface area contributed by atoms with E-state index in [0.29, 0.717) is 23.0 Å². The molecule has 2 N–H and O–H groups in total. The molecule has 27 heavy (non-hydrogen) atoms. The highest BCUT2D eigenvalue weighted by Crippen LogP contribution is 2.18. The smallest absolute Gasteiger partial charge is 0.255 e. The highest BCUT2D eigenvalue weighted by atomic mass is 79.9. The number of nitrogens with zero attached hydrogens (tertiary/aromatic N) is 4. The first-order chi connectivity index (χ1) is 13.1. The number of amides is 1.